The van der Waals surface area contributed by atoms with Gasteiger partial charge in [0.05, 0.1) is 12.5 Å². The van der Waals surface area contributed by atoms with E-state index in [1.54, 1.807) is 7.05 Å². The molecule has 0 aromatic heterocycles. The van der Waals surface area contributed by atoms with Gasteiger partial charge in [0.15, 0.2) is 0 Å². The zero-order chi connectivity index (χ0) is 15.9. The topological polar surface area (TPSA) is 75.4 Å². The van der Waals surface area contributed by atoms with Crippen LogP contribution < -0.4 is 11.1 Å². The van der Waals surface area contributed by atoms with Crippen LogP contribution in [0.5, 0.6) is 0 Å². The van der Waals surface area contributed by atoms with E-state index < -0.39 is 0 Å². The van der Waals surface area contributed by atoms with Gasteiger partial charge < -0.3 is 16.0 Å². The van der Waals surface area contributed by atoms with Crippen LogP contribution in [-0.4, -0.2) is 43.4 Å². The van der Waals surface area contributed by atoms with Crippen LogP contribution in [0, 0.1) is 17.3 Å². The minimum absolute atomic E-state index is 0.0421. The summed E-state index contributed by atoms with van der Waals surface area (Å²) in [4.78, 5) is 25.5. The average molecular weight is 285 g/mol. The summed E-state index contributed by atoms with van der Waals surface area (Å²) in [6.45, 7) is 11.3. The molecule has 0 rings (SSSR count). The van der Waals surface area contributed by atoms with E-state index in [-0.39, 0.29) is 29.7 Å². The van der Waals surface area contributed by atoms with Crippen LogP contribution in [0.3, 0.4) is 0 Å². The lowest BCUT2D eigenvalue weighted by Gasteiger charge is -2.28. The molecule has 0 bridgehead atoms. The second-order valence-electron chi connectivity index (χ2n) is 7.09. The van der Waals surface area contributed by atoms with Gasteiger partial charge in [-0.15, -0.1) is 0 Å². The third-order valence-electron chi connectivity index (χ3n) is 2.96. The van der Waals surface area contributed by atoms with Crippen molar-refractivity contribution in [2.75, 3.05) is 26.7 Å². The first-order valence-electron chi connectivity index (χ1n) is 7.28. The summed E-state index contributed by atoms with van der Waals surface area (Å²) >= 11 is 0. The molecule has 1 unspecified atom stereocenters. The van der Waals surface area contributed by atoms with Gasteiger partial charge >= 0.3 is 0 Å². The molecule has 3 N–H and O–H groups in total. The SMILES string of the molecule is CC(C)CNC(=O)CN(C)C(=O)C(CN)CC(C)(C)C. The van der Waals surface area contributed by atoms with Crippen LogP contribution in [0.1, 0.15) is 41.0 Å². The average Bonchev–Trinajstić information content (AvgIpc) is 2.31. The number of hydrogen-bond donors (Lipinski definition) is 2. The molecule has 0 aliphatic rings. The molecule has 0 spiro atoms. The van der Waals surface area contributed by atoms with E-state index in [2.05, 4.69) is 26.1 Å². The third kappa shape index (κ3) is 8.15. The number of hydrogen-bond acceptors (Lipinski definition) is 3. The van der Waals surface area contributed by atoms with Crippen LogP contribution in [0.4, 0.5) is 0 Å². The molecule has 0 saturated heterocycles. The number of nitrogens with one attached hydrogen (secondary N) is 1. The van der Waals surface area contributed by atoms with Gasteiger partial charge in [-0.2, -0.15) is 0 Å². The van der Waals surface area contributed by atoms with E-state index in [9.17, 15) is 9.59 Å². The van der Waals surface area contributed by atoms with Crippen molar-refractivity contribution in [3.63, 3.8) is 0 Å². The molecule has 0 fully saturated rings. The van der Waals surface area contributed by atoms with Gasteiger partial charge in [-0.05, 0) is 17.8 Å². The maximum Gasteiger partial charge on any atom is 0.239 e. The highest BCUT2D eigenvalue weighted by atomic mass is 16.2. The number of likely N-dealkylation sites (N-methyl/N-ethyl adjacent to an activating group) is 1. The number of carbonyl (C=O) groups is 2. The van der Waals surface area contributed by atoms with E-state index in [1.165, 1.54) is 4.90 Å². The highest BCUT2D eigenvalue weighted by molar-refractivity contribution is 5.85. The summed E-state index contributed by atoms with van der Waals surface area (Å²) in [6.07, 6.45) is 0.723. The largest absolute Gasteiger partial charge is 0.354 e. The Hall–Kier alpha value is -1.10. The Morgan fingerprint density at radius 1 is 1.25 bits per heavy atom. The second kappa shape index (κ2) is 8.25. The minimum atomic E-state index is -0.224. The Balaban J connectivity index is 4.40. The molecule has 0 saturated carbocycles. The minimum Gasteiger partial charge on any atom is -0.354 e. The Bertz CT molecular complexity index is 322. The van der Waals surface area contributed by atoms with E-state index in [1.807, 2.05) is 13.8 Å². The first-order valence-corrected chi connectivity index (χ1v) is 7.28. The number of carbonyl (C=O) groups excluding carboxylic acids is 2. The van der Waals surface area contributed by atoms with Gasteiger partial charge in [-0.3, -0.25) is 9.59 Å². The Labute approximate surface area is 123 Å². The van der Waals surface area contributed by atoms with Crippen molar-refractivity contribution in [2.24, 2.45) is 23.0 Å². The van der Waals surface area contributed by atoms with Gasteiger partial charge in [0, 0.05) is 20.1 Å². The van der Waals surface area contributed by atoms with Crippen molar-refractivity contribution in [3.8, 4) is 0 Å². The van der Waals surface area contributed by atoms with E-state index in [0.29, 0.717) is 19.0 Å². The first kappa shape index (κ1) is 18.9. The maximum absolute atomic E-state index is 12.3. The fraction of sp³-hybridized carbons (Fsp3) is 0.867. The van der Waals surface area contributed by atoms with Gasteiger partial charge in [0.2, 0.25) is 11.8 Å². The van der Waals surface area contributed by atoms with E-state index in [0.717, 1.165) is 6.42 Å². The maximum atomic E-state index is 12.3. The third-order valence-corrected chi connectivity index (χ3v) is 2.96. The summed E-state index contributed by atoms with van der Waals surface area (Å²) in [5.74, 6) is -0.00117. The van der Waals surface area contributed by atoms with Crippen LogP contribution in [-0.2, 0) is 9.59 Å². The second-order valence-corrected chi connectivity index (χ2v) is 7.09. The molecule has 2 amide bonds. The Morgan fingerprint density at radius 3 is 2.20 bits per heavy atom. The highest BCUT2D eigenvalue weighted by Crippen LogP contribution is 2.24. The zero-order valence-electron chi connectivity index (χ0n) is 13.8. The van der Waals surface area contributed by atoms with Crippen molar-refractivity contribution in [3.05, 3.63) is 0 Å². The predicted octanol–water partition coefficient (Wildman–Crippen LogP) is 1.23. The molecule has 118 valence electrons. The molecule has 5 nitrogen and oxygen atoms in total. The summed E-state index contributed by atoms with van der Waals surface area (Å²) in [5, 5.41) is 2.81. The Morgan fingerprint density at radius 2 is 1.80 bits per heavy atom. The van der Waals surface area contributed by atoms with Crippen LogP contribution in [0.2, 0.25) is 0 Å². The van der Waals surface area contributed by atoms with Gasteiger partial charge in [0.1, 0.15) is 0 Å². The molecule has 0 heterocycles. The first-order chi connectivity index (χ1) is 9.06. The molecule has 0 aromatic rings. The molecule has 0 aromatic carbocycles. The van der Waals surface area contributed by atoms with Crippen molar-refractivity contribution < 1.29 is 9.59 Å². The van der Waals surface area contributed by atoms with E-state index >= 15 is 0 Å². The summed E-state index contributed by atoms with van der Waals surface area (Å²) in [7, 11) is 1.66. The standard InChI is InChI=1S/C15H31N3O2/c1-11(2)9-17-13(19)10-18(6)14(20)12(8-16)7-15(3,4)5/h11-12H,7-10,16H2,1-6H3,(H,17,19). The lowest BCUT2D eigenvalue weighted by atomic mass is 9.84. The van der Waals surface area contributed by atoms with Crippen molar-refractivity contribution in [2.45, 2.75) is 41.0 Å². The lowest BCUT2D eigenvalue weighted by molar-refractivity contribution is -0.138. The molecule has 20 heavy (non-hydrogen) atoms. The van der Waals surface area contributed by atoms with Crippen molar-refractivity contribution >= 4 is 11.8 Å². The van der Waals surface area contributed by atoms with Crippen LogP contribution >= 0.6 is 0 Å². The van der Waals surface area contributed by atoms with E-state index in [4.69, 9.17) is 5.73 Å². The monoisotopic (exact) mass is 285 g/mol. The molecule has 5 heteroatoms. The fourth-order valence-electron chi connectivity index (χ4n) is 1.99. The summed E-state index contributed by atoms with van der Waals surface area (Å²) in [5.41, 5.74) is 5.74. The molecular formula is C15H31N3O2. The van der Waals surface area contributed by atoms with Gasteiger partial charge in [-0.25, -0.2) is 0 Å². The number of rotatable bonds is 7. The van der Waals surface area contributed by atoms with Crippen LogP contribution in [0.15, 0.2) is 0 Å². The molecule has 1 atom stereocenters. The highest BCUT2D eigenvalue weighted by Gasteiger charge is 2.26. The lowest BCUT2D eigenvalue weighted by Crippen LogP contribution is -2.44. The Kier molecular flexibility index (Phi) is 7.79. The number of nitrogens with two attached hydrogens (primary N) is 1. The normalized spacial score (nSPS) is 13.2. The summed E-state index contributed by atoms with van der Waals surface area (Å²) < 4.78 is 0. The number of nitrogens with zero attached hydrogens (tertiary/aromatic N) is 1. The predicted molar refractivity (Wildman–Crippen MR) is 82.1 cm³/mol. The summed E-state index contributed by atoms with van der Waals surface area (Å²) in [6, 6.07) is 0. The fourth-order valence-corrected chi connectivity index (χ4v) is 1.99. The zero-order valence-corrected chi connectivity index (χ0v) is 13.8. The van der Waals surface area contributed by atoms with Gasteiger partial charge in [-0.1, -0.05) is 34.6 Å². The molecular weight excluding hydrogens is 254 g/mol. The molecule has 0 aliphatic heterocycles. The van der Waals surface area contributed by atoms with Crippen LogP contribution in [0.25, 0.3) is 0 Å². The van der Waals surface area contributed by atoms with Crippen molar-refractivity contribution in [1.29, 1.82) is 0 Å². The molecule has 0 radical (unpaired) electrons. The number of amides is 2. The smallest absolute Gasteiger partial charge is 0.239 e. The molecule has 0 aliphatic carbocycles. The van der Waals surface area contributed by atoms with Gasteiger partial charge in [0.25, 0.3) is 0 Å². The quantitative estimate of drug-likeness (QED) is 0.738. The van der Waals surface area contributed by atoms with Crippen molar-refractivity contribution in [1.82, 2.24) is 10.2 Å².